The molecule has 0 atom stereocenters. The average molecular weight is 375 g/mol. The minimum atomic E-state index is -0.463. The van der Waals surface area contributed by atoms with E-state index in [4.69, 9.17) is 14.0 Å². The molecule has 146 valence electrons. The molecule has 2 aromatic rings. The van der Waals surface area contributed by atoms with Gasteiger partial charge in [0.25, 0.3) is 5.91 Å². The molecule has 0 aliphatic carbocycles. The van der Waals surface area contributed by atoms with Crippen LogP contribution in [0.2, 0.25) is 0 Å². The second-order valence-electron chi connectivity index (χ2n) is 6.94. The van der Waals surface area contributed by atoms with Crippen molar-refractivity contribution in [1.29, 1.82) is 0 Å². The maximum Gasteiger partial charge on any atom is 0.273 e. The van der Waals surface area contributed by atoms with Crippen molar-refractivity contribution >= 4 is 17.5 Å². The van der Waals surface area contributed by atoms with Crippen molar-refractivity contribution in [2.75, 3.05) is 25.6 Å². The highest BCUT2D eigenvalue weighted by atomic mass is 16.5. The molecule has 0 saturated heterocycles. The molecule has 0 aliphatic heterocycles. The molecule has 8 nitrogen and oxygen atoms in total. The summed E-state index contributed by atoms with van der Waals surface area (Å²) in [6, 6.07) is 8.53. The zero-order valence-corrected chi connectivity index (χ0v) is 16.0. The van der Waals surface area contributed by atoms with Crippen molar-refractivity contribution in [1.82, 2.24) is 10.5 Å². The van der Waals surface area contributed by atoms with Gasteiger partial charge in [-0.1, -0.05) is 25.9 Å². The van der Waals surface area contributed by atoms with Crippen LogP contribution >= 0.6 is 0 Å². The highest BCUT2D eigenvalue weighted by Gasteiger charge is 2.21. The van der Waals surface area contributed by atoms with Crippen molar-refractivity contribution in [3.05, 3.63) is 41.8 Å². The smallest absolute Gasteiger partial charge is 0.273 e. The fourth-order valence-corrected chi connectivity index (χ4v) is 1.95. The summed E-state index contributed by atoms with van der Waals surface area (Å²) in [4.78, 5) is 23.8. The van der Waals surface area contributed by atoms with Crippen LogP contribution in [0, 0.1) is 5.41 Å². The number of hydrogen-bond donors (Lipinski definition) is 2. The van der Waals surface area contributed by atoms with E-state index in [1.54, 1.807) is 31.4 Å². The predicted octanol–water partition coefficient (Wildman–Crippen LogP) is 2.61. The number of carbonyl (C=O) groups excluding carboxylic acids is 2. The van der Waals surface area contributed by atoms with E-state index in [2.05, 4.69) is 15.8 Å². The quantitative estimate of drug-likeness (QED) is 0.688. The van der Waals surface area contributed by atoms with Crippen LogP contribution in [0.25, 0.3) is 0 Å². The number of amides is 2. The Bertz CT molecular complexity index is 762. The Labute approximate surface area is 158 Å². The number of nitrogens with zero attached hydrogens (tertiary/aromatic N) is 1. The third-order valence-corrected chi connectivity index (χ3v) is 3.56. The van der Waals surface area contributed by atoms with Gasteiger partial charge in [0, 0.05) is 30.8 Å². The van der Waals surface area contributed by atoms with Crippen molar-refractivity contribution in [3.63, 3.8) is 0 Å². The first-order valence-electron chi connectivity index (χ1n) is 8.56. The Morgan fingerprint density at radius 1 is 1.19 bits per heavy atom. The van der Waals surface area contributed by atoms with Crippen molar-refractivity contribution in [2.45, 2.75) is 27.4 Å². The number of aromatic nitrogens is 1. The van der Waals surface area contributed by atoms with Crippen molar-refractivity contribution in [3.8, 4) is 5.75 Å². The minimum absolute atomic E-state index is 0.0610. The summed E-state index contributed by atoms with van der Waals surface area (Å²) in [7, 11) is 1.56. The van der Waals surface area contributed by atoms with Crippen molar-refractivity contribution in [2.24, 2.45) is 5.41 Å². The first-order valence-corrected chi connectivity index (χ1v) is 8.56. The fourth-order valence-electron chi connectivity index (χ4n) is 1.95. The summed E-state index contributed by atoms with van der Waals surface area (Å²) in [5.41, 5.74) is 0.413. The van der Waals surface area contributed by atoms with Gasteiger partial charge in [0.05, 0.1) is 6.61 Å². The number of benzene rings is 1. The second-order valence-corrected chi connectivity index (χ2v) is 6.94. The van der Waals surface area contributed by atoms with Gasteiger partial charge in [-0.3, -0.25) is 9.59 Å². The maximum absolute atomic E-state index is 12.0. The molecule has 8 heteroatoms. The molecule has 0 unspecified atom stereocenters. The van der Waals surface area contributed by atoms with Crippen LogP contribution in [0.4, 0.5) is 5.69 Å². The van der Waals surface area contributed by atoms with E-state index < -0.39 is 5.41 Å². The third-order valence-electron chi connectivity index (χ3n) is 3.56. The van der Waals surface area contributed by atoms with Gasteiger partial charge in [0.1, 0.15) is 12.4 Å². The van der Waals surface area contributed by atoms with Crippen LogP contribution in [0.15, 0.2) is 34.9 Å². The highest BCUT2D eigenvalue weighted by Crippen LogP contribution is 2.20. The molecule has 2 N–H and O–H groups in total. The summed E-state index contributed by atoms with van der Waals surface area (Å²) in [5, 5.41) is 9.22. The van der Waals surface area contributed by atoms with Crippen LogP contribution in [0.1, 0.15) is 37.0 Å². The van der Waals surface area contributed by atoms with E-state index in [-0.39, 0.29) is 24.1 Å². The van der Waals surface area contributed by atoms with Crippen LogP contribution in [-0.2, 0) is 16.1 Å². The maximum atomic E-state index is 12.0. The Morgan fingerprint density at radius 2 is 1.89 bits per heavy atom. The van der Waals surface area contributed by atoms with Crippen LogP contribution in [-0.4, -0.2) is 37.2 Å². The Balaban J connectivity index is 1.85. The lowest BCUT2D eigenvalue weighted by molar-refractivity contribution is -0.123. The number of ether oxygens (including phenoxy) is 2. The number of methoxy groups -OCH3 is 1. The Hall–Kier alpha value is -2.87. The monoisotopic (exact) mass is 375 g/mol. The summed E-state index contributed by atoms with van der Waals surface area (Å²) >= 11 is 0. The molecular formula is C19H25N3O5. The van der Waals surface area contributed by atoms with Gasteiger partial charge in [-0.15, -0.1) is 0 Å². The van der Waals surface area contributed by atoms with Gasteiger partial charge in [-0.25, -0.2) is 0 Å². The summed E-state index contributed by atoms with van der Waals surface area (Å²) in [6.45, 7) is 6.50. The summed E-state index contributed by atoms with van der Waals surface area (Å²) in [5.74, 6) is 0.637. The van der Waals surface area contributed by atoms with E-state index in [9.17, 15) is 9.59 Å². The highest BCUT2D eigenvalue weighted by molar-refractivity contribution is 5.94. The van der Waals surface area contributed by atoms with Crippen LogP contribution in [0.3, 0.4) is 0 Å². The van der Waals surface area contributed by atoms with Gasteiger partial charge in [-0.05, 0) is 24.3 Å². The molecule has 0 fully saturated rings. The van der Waals surface area contributed by atoms with Gasteiger partial charge < -0.3 is 24.6 Å². The van der Waals surface area contributed by atoms with Crippen LogP contribution in [0.5, 0.6) is 5.75 Å². The van der Waals surface area contributed by atoms with E-state index in [1.165, 1.54) is 6.07 Å². The number of hydrogen-bond acceptors (Lipinski definition) is 6. The molecule has 1 aromatic carbocycles. The van der Waals surface area contributed by atoms with E-state index in [1.807, 2.05) is 20.8 Å². The zero-order valence-electron chi connectivity index (χ0n) is 16.0. The Kier molecular flexibility index (Phi) is 6.95. The average Bonchev–Trinajstić information content (AvgIpc) is 3.09. The van der Waals surface area contributed by atoms with Crippen molar-refractivity contribution < 1.29 is 23.6 Å². The molecule has 1 heterocycles. The Morgan fingerprint density at radius 3 is 2.52 bits per heavy atom. The lowest BCUT2D eigenvalue weighted by Crippen LogP contribution is -2.27. The normalized spacial score (nSPS) is 11.1. The number of rotatable bonds is 8. The zero-order chi connectivity index (χ0) is 19.9. The number of carbonyl (C=O) groups is 2. The standard InChI is InChI=1S/C19H25N3O5/c1-19(2,3)18(24)21-13-5-7-14(8-6-13)26-12-15-11-16(22-27-15)17(23)20-9-10-25-4/h5-8,11H,9-10,12H2,1-4H3,(H,20,23)(H,21,24). The van der Waals surface area contributed by atoms with E-state index in [0.717, 1.165) is 0 Å². The van der Waals surface area contributed by atoms with Gasteiger partial charge in [-0.2, -0.15) is 0 Å². The molecule has 0 aliphatic rings. The summed E-state index contributed by atoms with van der Waals surface area (Å²) in [6.07, 6.45) is 0. The molecule has 0 bridgehead atoms. The van der Waals surface area contributed by atoms with Gasteiger partial charge in [0.2, 0.25) is 5.91 Å². The topological polar surface area (TPSA) is 103 Å². The molecule has 0 spiro atoms. The first kappa shape index (κ1) is 20.4. The molecule has 1 aromatic heterocycles. The van der Waals surface area contributed by atoms with Gasteiger partial charge in [0.15, 0.2) is 11.5 Å². The van der Waals surface area contributed by atoms with E-state index in [0.29, 0.717) is 30.3 Å². The molecule has 2 rings (SSSR count). The largest absolute Gasteiger partial charge is 0.486 e. The molecule has 2 amide bonds. The summed E-state index contributed by atoms with van der Waals surface area (Å²) < 4.78 is 15.6. The molecule has 0 saturated carbocycles. The third kappa shape index (κ3) is 6.41. The predicted molar refractivity (Wildman–Crippen MR) is 99.6 cm³/mol. The first-order chi connectivity index (χ1) is 12.8. The second kappa shape index (κ2) is 9.18. The van der Waals surface area contributed by atoms with Gasteiger partial charge >= 0.3 is 0 Å². The lowest BCUT2D eigenvalue weighted by Gasteiger charge is -2.17. The molecule has 0 radical (unpaired) electrons. The minimum Gasteiger partial charge on any atom is -0.486 e. The molecule has 27 heavy (non-hydrogen) atoms. The SMILES string of the molecule is COCCNC(=O)c1cc(COc2ccc(NC(=O)C(C)(C)C)cc2)on1. The number of anilines is 1. The lowest BCUT2D eigenvalue weighted by atomic mass is 9.95. The molecular weight excluding hydrogens is 350 g/mol. The van der Waals surface area contributed by atoms with Crippen LogP contribution < -0.4 is 15.4 Å². The van der Waals surface area contributed by atoms with E-state index >= 15 is 0 Å². The number of nitrogens with one attached hydrogen (secondary N) is 2. The fraction of sp³-hybridized carbons (Fsp3) is 0.421.